The topological polar surface area (TPSA) is 21.3 Å². The van der Waals surface area contributed by atoms with Gasteiger partial charge in [-0.1, -0.05) is 62.8 Å². The van der Waals surface area contributed by atoms with Crippen molar-refractivity contribution in [1.29, 1.82) is 0 Å². The molecule has 0 aromatic heterocycles. The molecular weight excluding hydrogens is 318 g/mol. The van der Waals surface area contributed by atoms with Crippen LogP contribution in [-0.2, 0) is 4.74 Å². The summed E-state index contributed by atoms with van der Waals surface area (Å²) in [7, 11) is 0. The zero-order valence-corrected chi connectivity index (χ0v) is 17.3. The van der Waals surface area contributed by atoms with Gasteiger partial charge in [0.1, 0.15) is 0 Å². The Kier molecular flexibility index (Phi) is 8.87. The molecule has 0 spiro atoms. The molecule has 1 heterocycles. The first kappa shape index (κ1) is 21.2. The third-order valence-electron chi connectivity index (χ3n) is 5.58. The van der Waals surface area contributed by atoms with E-state index in [2.05, 4.69) is 75.5 Å². The minimum Gasteiger partial charge on any atom is -0.376 e. The third-order valence-corrected chi connectivity index (χ3v) is 5.58. The normalized spacial score (nSPS) is 21.3. The minimum absolute atomic E-state index is 0.0604. The van der Waals surface area contributed by atoms with E-state index in [9.17, 15) is 0 Å². The summed E-state index contributed by atoms with van der Waals surface area (Å²) in [4.78, 5) is 0. The SMILES string of the molecule is CC(C)CC[C@@H](CCNCC=Cc1ccccc1)[C@H]1CCOC(C)(C)C1. The molecule has 2 nitrogen and oxygen atoms in total. The molecule has 1 aliphatic heterocycles. The van der Waals surface area contributed by atoms with Gasteiger partial charge in [-0.05, 0) is 69.4 Å². The average Bonchev–Trinajstić information content (AvgIpc) is 2.60. The fraction of sp³-hybridized carbons (Fsp3) is 0.667. The second-order valence-electron chi connectivity index (χ2n) is 8.90. The molecule has 1 saturated heterocycles. The Balaban J connectivity index is 1.76. The molecule has 0 saturated carbocycles. The second kappa shape index (κ2) is 10.9. The second-order valence-corrected chi connectivity index (χ2v) is 8.90. The molecule has 0 radical (unpaired) electrons. The van der Waals surface area contributed by atoms with Crippen LogP contribution in [0.25, 0.3) is 6.08 Å². The van der Waals surface area contributed by atoms with Gasteiger partial charge in [0, 0.05) is 13.2 Å². The number of nitrogens with one attached hydrogen (secondary N) is 1. The molecule has 2 rings (SSSR count). The molecule has 1 aliphatic rings. The maximum absolute atomic E-state index is 5.95. The summed E-state index contributed by atoms with van der Waals surface area (Å²) in [5.41, 5.74) is 1.33. The zero-order valence-electron chi connectivity index (χ0n) is 17.3. The van der Waals surface area contributed by atoms with Crippen molar-refractivity contribution in [3.63, 3.8) is 0 Å². The van der Waals surface area contributed by atoms with Gasteiger partial charge in [0.15, 0.2) is 0 Å². The van der Waals surface area contributed by atoms with Crippen LogP contribution in [0.3, 0.4) is 0 Å². The van der Waals surface area contributed by atoms with Crippen LogP contribution in [0.4, 0.5) is 0 Å². The minimum atomic E-state index is 0.0604. The van der Waals surface area contributed by atoms with Crippen LogP contribution in [0.5, 0.6) is 0 Å². The van der Waals surface area contributed by atoms with Crippen LogP contribution in [0.15, 0.2) is 36.4 Å². The first-order chi connectivity index (χ1) is 12.5. The van der Waals surface area contributed by atoms with Crippen molar-refractivity contribution in [2.45, 2.75) is 65.4 Å². The van der Waals surface area contributed by atoms with Crippen LogP contribution in [-0.4, -0.2) is 25.3 Å². The molecule has 0 unspecified atom stereocenters. The lowest BCUT2D eigenvalue weighted by atomic mass is 9.75. The Morgan fingerprint density at radius 2 is 1.92 bits per heavy atom. The highest BCUT2D eigenvalue weighted by Gasteiger charge is 2.33. The standard InChI is InChI=1S/C24H39NO/c1-20(2)12-13-22(23-15-18-26-24(3,4)19-23)14-17-25-16-8-11-21-9-6-5-7-10-21/h5-11,20,22-23,25H,12-19H2,1-4H3/t22-,23-/m0/s1. The number of rotatable bonds is 10. The summed E-state index contributed by atoms with van der Waals surface area (Å²) in [6, 6.07) is 10.5. The lowest BCUT2D eigenvalue weighted by molar-refractivity contribution is -0.0839. The molecule has 2 heteroatoms. The van der Waals surface area contributed by atoms with Gasteiger partial charge in [-0.2, -0.15) is 0 Å². The molecule has 1 aromatic carbocycles. The predicted octanol–water partition coefficient (Wildman–Crippen LogP) is 5.94. The van der Waals surface area contributed by atoms with E-state index in [0.29, 0.717) is 0 Å². The maximum Gasteiger partial charge on any atom is 0.0629 e. The van der Waals surface area contributed by atoms with Gasteiger partial charge >= 0.3 is 0 Å². The molecule has 2 atom stereocenters. The lowest BCUT2D eigenvalue weighted by Gasteiger charge is -2.39. The molecular formula is C24H39NO. The Bertz CT molecular complexity index is 520. The van der Waals surface area contributed by atoms with Crippen LogP contribution in [0.1, 0.15) is 65.4 Å². The summed E-state index contributed by atoms with van der Waals surface area (Å²) in [5.74, 6) is 2.44. The van der Waals surface area contributed by atoms with Gasteiger partial charge in [-0.15, -0.1) is 0 Å². The van der Waals surface area contributed by atoms with Crippen molar-refractivity contribution >= 4 is 6.08 Å². The van der Waals surface area contributed by atoms with Crippen LogP contribution >= 0.6 is 0 Å². The Morgan fingerprint density at radius 3 is 2.62 bits per heavy atom. The average molecular weight is 358 g/mol. The highest BCUT2D eigenvalue weighted by atomic mass is 16.5. The number of ether oxygens (including phenoxy) is 1. The molecule has 1 fully saturated rings. The summed E-state index contributed by atoms with van der Waals surface area (Å²) in [6.07, 6.45) is 10.9. The molecule has 26 heavy (non-hydrogen) atoms. The van der Waals surface area contributed by atoms with E-state index in [4.69, 9.17) is 4.74 Å². The smallest absolute Gasteiger partial charge is 0.0629 e. The number of hydrogen-bond acceptors (Lipinski definition) is 2. The summed E-state index contributed by atoms with van der Waals surface area (Å²) in [5, 5.41) is 3.62. The largest absolute Gasteiger partial charge is 0.376 e. The zero-order chi connectivity index (χ0) is 18.8. The monoisotopic (exact) mass is 357 g/mol. The Morgan fingerprint density at radius 1 is 1.15 bits per heavy atom. The predicted molar refractivity (Wildman–Crippen MR) is 113 cm³/mol. The molecule has 0 aliphatic carbocycles. The first-order valence-electron chi connectivity index (χ1n) is 10.5. The summed E-state index contributed by atoms with van der Waals surface area (Å²) in [6.45, 7) is 12.2. The highest BCUT2D eigenvalue weighted by Crippen LogP contribution is 2.37. The van der Waals surface area contributed by atoms with Crippen molar-refractivity contribution in [1.82, 2.24) is 5.32 Å². The molecule has 146 valence electrons. The summed E-state index contributed by atoms with van der Waals surface area (Å²) >= 11 is 0. The van der Waals surface area contributed by atoms with Crippen molar-refractivity contribution in [3.05, 3.63) is 42.0 Å². The number of hydrogen-bond donors (Lipinski definition) is 1. The van der Waals surface area contributed by atoms with Gasteiger partial charge in [-0.25, -0.2) is 0 Å². The van der Waals surface area contributed by atoms with Crippen LogP contribution in [0, 0.1) is 17.8 Å². The molecule has 0 bridgehead atoms. The van der Waals surface area contributed by atoms with Gasteiger partial charge in [-0.3, -0.25) is 0 Å². The molecule has 1 aromatic rings. The van der Waals surface area contributed by atoms with E-state index in [1.165, 1.54) is 37.7 Å². The van der Waals surface area contributed by atoms with E-state index in [1.807, 2.05) is 0 Å². The Labute approximate surface area is 161 Å². The van der Waals surface area contributed by atoms with Crippen molar-refractivity contribution in [2.75, 3.05) is 19.7 Å². The fourth-order valence-electron chi connectivity index (χ4n) is 4.08. The number of benzene rings is 1. The third kappa shape index (κ3) is 8.05. The first-order valence-corrected chi connectivity index (χ1v) is 10.5. The van der Waals surface area contributed by atoms with E-state index in [0.717, 1.165) is 37.5 Å². The highest BCUT2D eigenvalue weighted by molar-refractivity contribution is 5.48. The van der Waals surface area contributed by atoms with E-state index in [-0.39, 0.29) is 5.60 Å². The summed E-state index contributed by atoms with van der Waals surface area (Å²) < 4.78 is 5.95. The van der Waals surface area contributed by atoms with E-state index in [1.54, 1.807) is 0 Å². The van der Waals surface area contributed by atoms with Gasteiger partial charge < -0.3 is 10.1 Å². The maximum atomic E-state index is 5.95. The van der Waals surface area contributed by atoms with Crippen LogP contribution in [0.2, 0.25) is 0 Å². The fourth-order valence-corrected chi connectivity index (χ4v) is 4.08. The molecule has 1 N–H and O–H groups in total. The van der Waals surface area contributed by atoms with Crippen molar-refractivity contribution < 1.29 is 4.74 Å². The van der Waals surface area contributed by atoms with Crippen molar-refractivity contribution in [2.24, 2.45) is 17.8 Å². The quantitative estimate of drug-likeness (QED) is 0.523. The molecule has 0 amide bonds. The van der Waals surface area contributed by atoms with Gasteiger partial charge in [0.2, 0.25) is 0 Å². The Hall–Kier alpha value is -1.12. The van der Waals surface area contributed by atoms with Gasteiger partial charge in [0.05, 0.1) is 5.60 Å². The van der Waals surface area contributed by atoms with E-state index >= 15 is 0 Å². The van der Waals surface area contributed by atoms with Crippen molar-refractivity contribution in [3.8, 4) is 0 Å². The van der Waals surface area contributed by atoms with Gasteiger partial charge in [0.25, 0.3) is 0 Å². The van der Waals surface area contributed by atoms with Crippen LogP contribution < -0.4 is 5.32 Å². The van der Waals surface area contributed by atoms with E-state index < -0.39 is 0 Å². The lowest BCUT2D eigenvalue weighted by Crippen LogP contribution is -2.37.